The van der Waals surface area contributed by atoms with Crippen molar-refractivity contribution in [3.05, 3.63) is 290 Å². The maximum atomic E-state index is 2.54. The molecule has 0 fully saturated rings. The highest BCUT2D eigenvalue weighted by atomic mass is 32.3. The van der Waals surface area contributed by atoms with Gasteiger partial charge in [0.2, 0.25) is 0 Å². The lowest BCUT2D eigenvalue weighted by Gasteiger charge is -2.42. The van der Waals surface area contributed by atoms with Crippen LogP contribution in [0.5, 0.6) is 0 Å². The highest BCUT2D eigenvalue weighted by Gasteiger charge is 2.36. The van der Waals surface area contributed by atoms with Gasteiger partial charge in [-0.15, -0.1) is 20.1 Å². The summed E-state index contributed by atoms with van der Waals surface area (Å²) in [5.41, 5.74) is 9.56. The van der Waals surface area contributed by atoms with Crippen LogP contribution in [0.15, 0.2) is 318 Å². The summed E-state index contributed by atoms with van der Waals surface area (Å²) in [4.78, 5) is 10.4. The van der Waals surface area contributed by atoms with Gasteiger partial charge in [-0.25, -0.2) is 0 Å². The molecule has 0 radical (unpaired) electrons. The van der Waals surface area contributed by atoms with Crippen LogP contribution in [0.2, 0.25) is 0 Å². The third-order valence-electron chi connectivity index (χ3n) is 14.4. The summed E-state index contributed by atoms with van der Waals surface area (Å²) in [6.07, 6.45) is 0. The Kier molecular flexibility index (Phi) is 14.1. The van der Waals surface area contributed by atoms with Crippen LogP contribution in [0.25, 0.3) is 55.0 Å². The highest BCUT2D eigenvalue weighted by Crippen LogP contribution is 2.75. The van der Waals surface area contributed by atoms with Crippen LogP contribution in [0.3, 0.4) is 0 Å². The van der Waals surface area contributed by atoms with Gasteiger partial charge in [0, 0.05) is 72.1 Å². The Morgan fingerprint density at radius 2 is 0.447 bits per heavy atom. The fourth-order valence-electron chi connectivity index (χ4n) is 11.3. The first-order valence-electron chi connectivity index (χ1n) is 26.7. The molecule has 0 unspecified atom stereocenters. The standard InChI is InChI=1S/C68H52N2S2.2C2H6/c1-49-33-41-65-61(45-49)62-46-50(2)34-42-66(62)69(65)51-35-37-52(38-36-51)70-67-43-39-59(71(53-21-9-3-10-22-53,54-23-11-4-12-24-54)55-25-13-5-14-26-55)47-63(67)64-48-60(40-44-68(64)70)72(56-27-15-6-16-28-56,57-29-17-7-18-30-57)58-31-19-8-20-32-58;2*1-2/h3-48H,1-2H3;2*1-2H3. The molecule has 2 heterocycles. The zero-order chi connectivity index (χ0) is 52.2. The molecule has 0 N–H and O–H groups in total. The molecule has 374 valence electrons. The average Bonchev–Trinajstić information content (AvgIpc) is 4.14. The van der Waals surface area contributed by atoms with Crippen molar-refractivity contribution in [1.82, 2.24) is 9.13 Å². The van der Waals surface area contributed by atoms with Crippen LogP contribution in [-0.4, -0.2) is 9.13 Å². The van der Waals surface area contributed by atoms with Gasteiger partial charge in [-0.3, -0.25) is 0 Å². The average molecular weight is 1020 g/mol. The van der Waals surface area contributed by atoms with Gasteiger partial charge in [0.05, 0.1) is 22.1 Å². The smallest absolute Gasteiger partial charge is 0.0541 e. The molecule has 76 heavy (non-hydrogen) atoms. The summed E-state index contributed by atoms with van der Waals surface area (Å²) in [7, 11) is -3.95. The molecule has 0 aliphatic carbocycles. The molecular formula is C72H64N2S2. The summed E-state index contributed by atoms with van der Waals surface area (Å²) in [5, 5.41) is 5.02. The Bertz CT molecular complexity index is 3640. The van der Waals surface area contributed by atoms with Gasteiger partial charge in [-0.2, -0.15) is 0 Å². The molecule has 0 saturated heterocycles. The molecule has 2 nitrogen and oxygen atoms in total. The second-order valence-electron chi connectivity index (χ2n) is 18.7. The summed E-state index contributed by atoms with van der Waals surface area (Å²) < 4.78 is 4.92. The second kappa shape index (κ2) is 21.5. The monoisotopic (exact) mass is 1020 g/mol. The Morgan fingerprint density at radius 3 is 0.697 bits per heavy atom. The number of aryl methyl sites for hydroxylation is 2. The van der Waals surface area contributed by atoms with Crippen molar-refractivity contribution in [1.29, 1.82) is 0 Å². The molecule has 0 atom stereocenters. The fourth-order valence-corrected chi connectivity index (χ4v) is 19.1. The van der Waals surface area contributed by atoms with E-state index in [-0.39, 0.29) is 0 Å². The van der Waals surface area contributed by atoms with E-state index in [1.165, 1.54) is 93.9 Å². The van der Waals surface area contributed by atoms with E-state index in [1.807, 2.05) is 27.7 Å². The van der Waals surface area contributed by atoms with E-state index in [0.29, 0.717) is 0 Å². The Labute approximate surface area is 452 Å². The Hall–Kier alpha value is -8.28. The van der Waals surface area contributed by atoms with Gasteiger partial charge in [0.15, 0.2) is 0 Å². The third kappa shape index (κ3) is 8.34. The SMILES string of the molecule is CC.CC.Cc1ccc2c(c1)c1cc(C)ccc1n2-c1ccc(-n2c3ccc(S(c4ccccc4)(c4ccccc4)c4ccccc4)cc3c3cc(S(c4ccccc4)(c4ccccc4)c4ccccc4)ccc32)cc1. The molecule has 0 amide bonds. The van der Waals surface area contributed by atoms with E-state index in [1.54, 1.807) is 0 Å². The van der Waals surface area contributed by atoms with Gasteiger partial charge >= 0.3 is 0 Å². The largest absolute Gasteiger partial charge is 0.309 e. The molecule has 11 aromatic carbocycles. The van der Waals surface area contributed by atoms with Crippen molar-refractivity contribution in [3.8, 4) is 11.4 Å². The number of rotatable bonds is 10. The summed E-state index contributed by atoms with van der Waals surface area (Å²) in [6.45, 7) is 12.4. The van der Waals surface area contributed by atoms with E-state index >= 15 is 0 Å². The van der Waals surface area contributed by atoms with Crippen LogP contribution < -0.4 is 0 Å². The van der Waals surface area contributed by atoms with Gasteiger partial charge < -0.3 is 9.13 Å². The predicted octanol–water partition coefficient (Wildman–Crippen LogP) is 21.2. The quantitative estimate of drug-likeness (QED) is 0.129. The van der Waals surface area contributed by atoms with Gasteiger partial charge in [-0.1, -0.05) is 160 Å². The number of hydrogen-bond acceptors (Lipinski definition) is 0. The number of nitrogens with zero attached hydrogens (tertiary/aromatic N) is 2. The zero-order valence-electron chi connectivity index (χ0n) is 44.3. The fraction of sp³-hybridized carbons (Fsp3) is 0.0833. The highest BCUT2D eigenvalue weighted by molar-refractivity contribution is 8.34. The molecule has 13 aromatic rings. The topological polar surface area (TPSA) is 9.86 Å². The minimum Gasteiger partial charge on any atom is -0.309 e. The molecule has 0 bridgehead atoms. The Morgan fingerprint density at radius 1 is 0.224 bits per heavy atom. The predicted molar refractivity (Wildman–Crippen MR) is 327 cm³/mol. The molecule has 13 rings (SSSR count). The minimum atomic E-state index is -1.97. The number of aromatic nitrogens is 2. The third-order valence-corrected chi connectivity index (χ3v) is 22.2. The van der Waals surface area contributed by atoms with E-state index in [2.05, 4.69) is 302 Å². The lowest BCUT2D eigenvalue weighted by molar-refractivity contribution is 1.14. The van der Waals surface area contributed by atoms with Crippen LogP contribution in [0, 0.1) is 13.8 Å². The molecule has 2 aromatic heterocycles. The molecule has 0 aliphatic heterocycles. The van der Waals surface area contributed by atoms with Crippen molar-refractivity contribution in [2.75, 3.05) is 0 Å². The first kappa shape index (κ1) is 49.9. The zero-order valence-corrected chi connectivity index (χ0v) is 45.9. The number of fused-ring (bicyclic) bond motifs is 6. The van der Waals surface area contributed by atoms with Gasteiger partial charge in [-0.05, 0) is 172 Å². The van der Waals surface area contributed by atoms with Crippen LogP contribution in [0.1, 0.15) is 38.8 Å². The van der Waals surface area contributed by atoms with Crippen LogP contribution in [-0.2, 0) is 0 Å². The normalized spacial score (nSPS) is 12.0. The minimum absolute atomic E-state index is 1.12. The van der Waals surface area contributed by atoms with E-state index in [4.69, 9.17) is 0 Å². The van der Waals surface area contributed by atoms with Crippen molar-refractivity contribution in [3.63, 3.8) is 0 Å². The molecule has 0 spiro atoms. The maximum absolute atomic E-state index is 2.54. The second-order valence-corrected chi connectivity index (χ2v) is 24.9. The Balaban J connectivity index is 0.00000151. The van der Waals surface area contributed by atoms with Gasteiger partial charge in [0.25, 0.3) is 0 Å². The molecule has 0 saturated carbocycles. The van der Waals surface area contributed by atoms with Crippen LogP contribution in [0.4, 0.5) is 0 Å². The van der Waals surface area contributed by atoms with Crippen molar-refractivity contribution < 1.29 is 0 Å². The lowest BCUT2D eigenvalue weighted by atomic mass is 10.1. The van der Waals surface area contributed by atoms with Crippen molar-refractivity contribution in [2.45, 2.75) is 80.7 Å². The molecule has 0 aliphatic rings. The van der Waals surface area contributed by atoms with E-state index in [0.717, 1.165) is 11.4 Å². The van der Waals surface area contributed by atoms with E-state index in [9.17, 15) is 0 Å². The summed E-state index contributed by atoms with van der Waals surface area (Å²) in [5.74, 6) is 0. The van der Waals surface area contributed by atoms with Gasteiger partial charge in [0.1, 0.15) is 0 Å². The number of benzene rings is 11. The molecular weight excluding hydrogens is 957 g/mol. The first-order chi connectivity index (χ1) is 37.5. The first-order valence-corrected chi connectivity index (χ1v) is 30.0. The summed E-state index contributed by atoms with van der Waals surface area (Å²) >= 11 is 0. The van der Waals surface area contributed by atoms with Crippen molar-refractivity contribution >= 4 is 63.7 Å². The summed E-state index contributed by atoms with van der Waals surface area (Å²) in [6, 6.07) is 105. The lowest BCUT2D eigenvalue weighted by Crippen LogP contribution is -2.05. The van der Waals surface area contributed by atoms with Crippen molar-refractivity contribution in [2.24, 2.45) is 0 Å². The molecule has 4 heteroatoms. The maximum Gasteiger partial charge on any atom is 0.0541 e. The van der Waals surface area contributed by atoms with E-state index < -0.39 is 20.1 Å². The van der Waals surface area contributed by atoms with Crippen LogP contribution >= 0.6 is 20.1 Å². The number of hydrogen-bond donors (Lipinski definition) is 0.